The molecule has 0 saturated carbocycles. The molecule has 1 atom stereocenters. The van der Waals surface area contributed by atoms with Gasteiger partial charge in [0.2, 0.25) is 5.91 Å². The van der Waals surface area contributed by atoms with Crippen LogP contribution in [0, 0.1) is 18.8 Å². The van der Waals surface area contributed by atoms with Crippen LogP contribution in [0.4, 0.5) is 0 Å². The zero-order valence-corrected chi connectivity index (χ0v) is 21.7. The monoisotopic (exact) mass is 529 g/mol. The molecule has 0 bridgehead atoms. The van der Waals surface area contributed by atoms with Gasteiger partial charge < -0.3 is 10.2 Å². The number of nitrogens with zero attached hydrogens (tertiary/aromatic N) is 2. The summed E-state index contributed by atoms with van der Waals surface area (Å²) in [4.78, 5) is 20.1. The molecule has 2 saturated heterocycles. The first-order valence-electron chi connectivity index (χ1n) is 12.4. The minimum Gasteiger partial charge on any atom is -0.343 e. The van der Waals surface area contributed by atoms with E-state index in [-0.39, 0.29) is 5.92 Å². The maximum absolute atomic E-state index is 13.0. The number of nitrogens with one attached hydrogen (secondary N) is 1. The highest BCUT2D eigenvalue weighted by Gasteiger charge is 2.36. The van der Waals surface area contributed by atoms with Crippen LogP contribution in [0.3, 0.4) is 0 Å². The molecule has 1 aromatic heterocycles. The maximum Gasteiger partial charge on any atom is 0.222 e. The second-order valence-corrected chi connectivity index (χ2v) is 11.3. The molecule has 3 aliphatic rings. The summed E-state index contributed by atoms with van der Waals surface area (Å²) in [5, 5.41) is 4.18. The number of halogens is 2. The molecule has 2 fully saturated rings. The largest absolute Gasteiger partial charge is 0.343 e. The normalized spacial score (nSPS) is 21.9. The second-order valence-electron chi connectivity index (χ2n) is 10.1. The molecular formula is C27H33BrClN3O. The van der Waals surface area contributed by atoms with Gasteiger partial charge in [-0.1, -0.05) is 23.7 Å². The summed E-state index contributed by atoms with van der Waals surface area (Å²) in [7, 11) is 0. The van der Waals surface area contributed by atoms with Gasteiger partial charge in [-0.15, -0.1) is 0 Å². The first kappa shape index (κ1) is 23.3. The zero-order valence-electron chi connectivity index (χ0n) is 19.4. The van der Waals surface area contributed by atoms with Crippen LogP contribution in [-0.4, -0.2) is 42.0 Å². The van der Waals surface area contributed by atoms with Crippen LogP contribution in [0.15, 0.2) is 28.9 Å². The Labute approximate surface area is 210 Å². The molecule has 1 amide bonds. The van der Waals surface area contributed by atoms with Crippen LogP contribution in [0.1, 0.15) is 66.0 Å². The highest BCUT2D eigenvalue weighted by atomic mass is 79.9. The average Bonchev–Trinajstić information content (AvgIpc) is 2.99. The SMILES string of the molecule is Cc1cnc2c(c1)CCc1c(ccc(Cl)c1Br)C2C1CCN(C(=O)CC2CCNCC2)CC1. The summed E-state index contributed by atoms with van der Waals surface area (Å²) >= 11 is 10.3. The van der Waals surface area contributed by atoms with E-state index < -0.39 is 0 Å². The Kier molecular flexibility index (Phi) is 7.10. The van der Waals surface area contributed by atoms with E-state index in [0.717, 1.165) is 74.2 Å². The number of benzene rings is 1. The molecule has 2 aromatic rings. The number of carbonyl (C=O) groups is 1. The molecule has 1 N–H and O–H groups in total. The number of hydrogen-bond donors (Lipinski definition) is 1. The fourth-order valence-corrected chi connectivity index (χ4v) is 6.84. The number of rotatable bonds is 3. The van der Waals surface area contributed by atoms with Gasteiger partial charge in [-0.05, 0) is 115 Å². The molecular weight excluding hydrogens is 498 g/mol. The van der Waals surface area contributed by atoms with Crippen molar-refractivity contribution in [1.82, 2.24) is 15.2 Å². The standard InChI is InChI=1S/C27H33BrClN3O/c1-17-14-20-2-3-22-21(4-5-23(29)26(22)28)25(27(20)31-16-17)19-8-12-32(13-9-19)24(33)15-18-6-10-30-11-7-18/h4-5,14,16,18-19,25,30H,2-3,6-13,15H2,1H3. The molecule has 176 valence electrons. The predicted octanol–water partition coefficient (Wildman–Crippen LogP) is 5.66. The average molecular weight is 531 g/mol. The van der Waals surface area contributed by atoms with Gasteiger partial charge in [0, 0.05) is 36.1 Å². The van der Waals surface area contributed by atoms with Crippen LogP contribution in [-0.2, 0) is 17.6 Å². The van der Waals surface area contributed by atoms with E-state index in [2.05, 4.69) is 45.2 Å². The summed E-state index contributed by atoms with van der Waals surface area (Å²) in [5.41, 5.74) is 6.50. The van der Waals surface area contributed by atoms with E-state index in [0.29, 0.717) is 24.2 Å². The van der Waals surface area contributed by atoms with E-state index in [1.54, 1.807) is 0 Å². The van der Waals surface area contributed by atoms with E-state index >= 15 is 0 Å². The van der Waals surface area contributed by atoms with Gasteiger partial charge in [0.05, 0.1) is 10.7 Å². The van der Waals surface area contributed by atoms with E-state index in [4.69, 9.17) is 16.6 Å². The Bertz CT molecular complexity index is 1030. The summed E-state index contributed by atoms with van der Waals surface area (Å²) in [6.45, 7) is 5.94. The topological polar surface area (TPSA) is 45.2 Å². The van der Waals surface area contributed by atoms with Crippen molar-refractivity contribution >= 4 is 33.4 Å². The Morgan fingerprint density at radius 3 is 2.70 bits per heavy atom. The Hall–Kier alpha value is -1.43. The molecule has 1 unspecified atom stereocenters. The van der Waals surface area contributed by atoms with Crippen LogP contribution < -0.4 is 5.32 Å². The van der Waals surface area contributed by atoms with Crippen molar-refractivity contribution in [1.29, 1.82) is 0 Å². The van der Waals surface area contributed by atoms with Gasteiger partial charge in [0.15, 0.2) is 0 Å². The van der Waals surface area contributed by atoms with E-state index in [9.17, 15) is 4.79 Å². The van der Waals surface area contributed by atoms with Crippen LogP contribution >= 0.6 is 27.5 Å². The van der Waals surface area contributed by atoms with Gasteiger partial charge in [-0.25, -0.2) is 0 Å². The van der Waals surface area contributed by atoms with E-state index in [1.165, 1.54) is 27.9 Å². The predicted molar refractivity (Wildman–Crippen MR) is 137 cm³/mol. The van der Waals surface area contributed by atoms with Crippen molar-refractivity contribution in [3.05, 3.63) is 61.8 Å². The summed E-state index contributed by atoms with van der Waals surface area (Å²) in [6, 6.07) is 6.56. The number of likely N-dealkylation sites (tertiary alicyclic amines) is 1. The number of aryl methyl sites for hydroxylation is 2. The van der Waals surface area contributed by atoms with Crippen LogP contribution in [0.2, 0.25) is 5.02 Å². The lowest BCUT2D eigenvalue weighted by Gasteiger charge is -2.37. The van der Waals surface area contributed by atoms with E-state index in [1.807, 2.05) is 12.3 Å². The highest BCUT2D eigenvalue weighted by molar-refractivity contribution is 9.10. The third-order valence-corrected chi connectivity index (χ3v) is 9.38. The van der Waals surface area contributed by atoms with Crippen molar-refractivity contribution in [3.8, 4) is 0 Å². The zero-order chi connectivity index (χ0) is 22.9. The molecule has 0 radical (unpaired) electrons. The minimum atomic E-state index is 0.258. The summed E-state index contributed by atoms with van der Waals surface area (Å²) in [5.74, 6) is 1.64. The first-order valence-corrected chi connectivity index (χ1v) is 13.6. The van der Waals surface area contributed by atoms with Crippen LogP contribution in [0.5, 0.6) is 0 Å². The lowest BCUT2D eigenvalue weighted by molar-refractivity contribution is -0.133. The third-order valence-electron chi connectivity index (χ3n) is 7.93. The van der Waals surface area contributed by atoms with Crippen molar-refractivity contribution in [2.24, 2.45) is 11.8 Å². The maximum atomic E-state index is 13.0. The lowest BCUT2D eigenvalue weighted by atomic mass is 9.76. The second kappa shape index (κ2) is 10.1. The smallest absolute Gasteiger partial charge is 0.222 e. The minimum absolute atomic E-state index is 0.258. The number of hydrogen-bond acceptors (Lipinski definition) is 3. The number of fused-ring (bicyclic) bond motifs is 2. The lowest BCUT2D eigenvalue weighted by Crippen LogP contribution is -2.41. The molecule has 4 nitrogen and oxygen atoms in total. The molecule has 1 aromatic carbocycles. The van der Waals surface area contributed by atoms with Crippen molar-refractivity contribution in [2.45, 2.75) is 57.8 Å². The first-order chi connectivity index (χ1) is 16.0. The number of carbonyl (C=O) groups excluding carboxylic acids is 1. The fourth-order valence-electron chi connectivity index (χ4n) is 6.10. The molecule has 3 heterocycles. The van der Waals surface area contributed by atoms with Crippen molar-refractivity contribution in [3.63, 3.8) is 0 Å². The Balaban J connectivity index is 1.38. The summed E-state index contributed by atoms with van der Waals surface area (Å²) < 4.78 is 1.03. The molecule has 33 heavy (non-hydrogen) atoms. The molecule has 6 heteroatoms. The van der Waals surface area contributed by atoms with Gasteiger partial charge in [0.25, 0.3) is 0 Å². The van der Waals surface area contributed by atoms with Gasteiger partial charge in [-0.2, -0.15) is 0 Å². The molecule has 0 spiro atoms. The number of piperidine rings is 2. The van der Waals surface area contributed by atoms with Crippen LogP contribution in [0.25, 0.3) is 0 Å². The van der Waals surface area contributed by atoms with Crippen molar-refractivity contribution < 1.29 is 4.79 Å². The third kappa shape index (κ3) is 4.87. The number of amides is 1. The van der Waals surface area contributed by atoms with Crippen molar-refractivity contribution in [2.75, 3.05) is 26.2 Å². The van der Waals surface area contributed by atoms with Gasteiger partial charge in [-0.3, -0.25) is 9.78 Å². The Morgan fingerprint density at radius 2 is 1.94 bits per heavy atom. The number of pyridine rings is 1. The van der Waals surface area contributed by atoms with Gasteiger partial charge in [0.1, 0.15) is 0 Å². The molecule has 2 aliphatic heterocycles. The summed E-state index contributed by atoms with van der Waals surface area (Å²) in [6.07, 6.45) is 8.99. The fraction of sp³-hybridized carbons (Fsp3) is 0.556. The highest BCUT2D eigenvalue weighted by Crippen LogP contribution is 2.45. The molecule has 5 rings (SSSR count). The number of aromatic nitrogens is 1. The van der Waals surface area contributed by atoms with Gasteiger partial charge >= 0.3 is 0 Å². The quantitative estimate of drug-likeness (QED) is 0.556. The Morgan fingerprint density at radius 1 is 1.18 bits per heavy atom. The molecule has 1 aliphatic carbocycles.